The topological polar surface area (TPSA) is 3.24 Å². The molecule has 2 aliphatic rings. The van der Waals surface area contributed by atoms with E-state index in [1.165, 1.54) is 64.3 Å². The lowest BCUT2D eigenvalue weighted by Crippen LogP contribution is -2.55. The maximum absolute atomic E-state index is 3.09. The van der Waals surface area contributed by atoms with Crippen molar-refractivity contribution in [3.63, 3.8) is 0 Å². The van der Waals surface area contributed by atoms with E-state index in [1.54, 1.807) is 0 Å². The summed E-state index contributed by atoms with van der Waals surface area (Å²) in [6.45, 7) is 18.7. The fraction of sp³-hybridized carbons (Fsp3) is 1.00. The molecule has 6 unspecified atom stereocenters. The van der Waals surface area contributed by atoms with Gasteiger partial charge in [0, 0.05) is 12.1 Å². The summed E-state index contributed by atoms with van der Waals surface area (Å²) in [7, 11) is 0. The standard InChI is InChI=1S/C25H49N/c1-8-9-10-15-26(24-16-20(6)11-13-22(24)18(2)3)25-17-21(7)12-14-23(25)19(4)5/h18-25H,8-17H2,1-7H3. The average Bonchev–Trinajstić information content (AvgIpc) is 2.58. The quantitative estimate of drug-likeness (QED) is 0.406. The maximum atomic E-state index is 3.09. The van der Waals surface area contributed by atoms with E-state index >= 15 is 0 Å². The molecule has 1 heteroatoms. The maximum Gasteiger partial charge on any atom is 0.0131 e. The average molecular weight is 364 g/mol. The Morgan fingerprint density at radius 2 is 1.19 bits per heavy atom. The van der Waals surface area contributed by atoms with Crippen molar-refractivity contribution in [2.75, 3.05) is 6.54 Å². The van der Waals surface area contributed by atoms with Gasteiger partial charge in [-0.2, -0.15) is 0 Å². The zero-order valence-electron chi connectivity index (χ0n) is 19.1. The summed E-state index contributed by atoms with van der Waals surface area (Å²) in [5.41, 5.74) is 0. The van der Waals surface area contributed by atoms with Crippen LogP contribution in [0.15, 0.2) is 0 Å². The molecule has 2 aliphatic carbocycles. The monoisotopic (exact) mass is 363 g/mol. The highest BCUT2D eigenvalue weighted by Gasteiger charge is 2.41. The SMILES string of the molecule is CCCCCN(C1CC(C)CCC1C(C)C)C1CC(C)CCC1C(C)C. The van der Waals surface area contributed by atoms with Gasteiger partial charge in [0.25, 0.3) is 0 Å². The number of unbranched alkanes of at least 4 members (excludes halogenated alkanes) is 2. The third kappa shape index (κ3) is 5.73. The Morgan fingerprint density at radius 1 is 0.731 bits per heavy atom. The zero-order valence-corrected chi connectivity index (χ0v) is 19.1. The van der Waals surface area contributed by atoms with Crippen molar-refractivity contribution in [3.8, 4) is 0 Å². The lowest BCUT2D eigenvalue weighted by atomic mass is 9.69. The van der Waals surface area contributed by atoms with Crippen LogP contribution in [0, 0.1) is 35.5 Å². The van der Waals surface area contributed by atoms with Gasteiger partial charge < -0.3 is 0 Å². The van der Waals surface area contributed by atoms with Crippen LogP contribution in [0.4, 0.5) is 0 Å². The highest BCUT2D eigenvalue weighted by atomic mass is 15.2. The van der Waals surface area contributed by atoms with Gasteiger partial charge in [-0.15, -0.1) is 0 Å². The Labute approximate surface area is 165 Å². The summed E-state index contributed by atoms with van der Waals surface area (Å²) in [6.07, 6.45) is 12.9. The first-order valence-corrected chi connectivity index (χ1v) is 12.1. The molecule has 2 rings (SSSR count). The van der Waals surface area contributed by atoms with Gasteiger partial charge in [-0.1, -0.05) is 74.1 Å². The second-order valence-electron chi connectivity index (χ2n) is 10.7. The van der Waals surface area contributed by atoms with Gasteiger partial charge in [0.15, 0.2) is 0 Å². The molecule has 0 saturated heterocycles. The van der Waals surface area contributed by atoms with E-state index in [0.717, 1.165) is 47.6 Å². The molecular weight excluding hydrogens is 314 g/mol. The molecule has 0 aromatic carbocycles. The molecule has 0 heterocycles. The van der Waals surface area contributed by atoms with E-state index in [-0.39, 0.29) is 0 Å². The highest BCUT2D eigenvalue weighted by molar-refractivity contribution is 4.95. The molecule has 2 fully saturated rings. The van der Waals surface area contributed by atoms with Crippen molar-refractivity contribution < 1.29 is 0 Å². The molecule has 6 atom stereocenters. The Balaban J connectivity index is 2.26. The molecule has 26 heavy (non-hydrogen) atoms. The third-order valence-corrected chi connectivity index (χ3v) is 7.85. The zero-order chi connectivity index (χ0) is 19.3. The van der Waals surface area contributed by atoms with Gasteiger partial charge in [-0.25, -0.2) is 0 Å². The summed E-state index contributed by atoms with van der Waals surface area (Å²) < 4.78 is 0. The van der Waals surface area contributed by atoms with Gasteiger partial charge in [0.05, 0.1) is 0 Å². The largest absolute Gasteiger partial charge is 0.297 e. The van der Waals surface area contributed by atoms with E-state index < -0.39 is 0 Å². The van der Waals surface area contributed by atoms with Gasteiger partial charge in [-0.05, 0) is 74.2 Å². The molecule has 2 saturated carbocycles. The van der Waals surface area contributed by atoms with Crippen LogP contribution in [0.25, 0.3) is 0 Å². The smallest absolute Gasteiger partial charge is 0.0131 e. The normalized spacial score (nSPS) is 36.2. The van der Waals surface area contributed by atoms with Crippen molar-refractivity contribution in [3.05, 3.63) is 0 Å². The first-order valence-electron chi connectivity index (χ1n) is 12.1. The minimum atomic E-state index is 0.833. The lowest BCUT2D eigenvalue weighted by Gasteiger charge is -2.52. The summed E-state index contributed by atoms with van der Waals surface area (Å²) in [6, 6.07) is 1.68. The van der Waals surface area contributed by atoms with E-state index in [2.05, 4.69) is 53.4 Å². The Morgan fingerprint density at radius 3 is 1.58 bits per heavy atom. The number of rotatable bonds is 8. The molecule has 0 spiro atoms. The third-order valence-electron chi connectivity index (χ3n) is 7.85. The first kappa shape index (κ1) is 22.3. The molecular formula is C25H49N. The summed E-state index contributed by atoms with van der Waals surface area (Å²) >= 11 is 0. The molecule has 154 valence electrons. The lowest BCUT2D eigenvalue weighted by molar-refractivity contribution is -0.0234. The fourth-order valence-corrected chi connectivity index (χ4v) is 6.19. The summed E-state index contributed by atoms with van der Waals surface area (Å²) in [4.78, 5) is 3.09. The van der Waals surface area contributed by atoms with E-state index in [9.17, 15) is 0 Å². The molecule has 0 aliphatic heterocycles. The van der Waals surface area contributed by atoms with Crippen LogP contribution in [0.3, 0.4) is 0 Å². The van der Waals surface area contributed by atoms with Gasteiger partial charge in [0.1, 0.15) is 0 Å². The van der Waals surface area contributed by atoms with Crippen LogP contribution >= 0.6 is 0 Å². The van der Waals surface area contributed by atoms with Crippen LogP contribution in [-0.2, 0) is 0 Å². The van der Waals surface area contributed by atoms with Crippen LogP contribution in [0.5, 0.6) is 0 Å². The molecule has 0 aromatic heterocycles. The van der Waals surface area contributed by atoms with Crippen molar-refractivity contribution in [1.82, 2.24) is 4.90 Å². The minimum absolute atomic E-state index is 0.833. The molecule has 0 bridgehead atoms. The Hall–Kier alpha value is -0.0400. The number of hydrogen-bond donors (Lipinski definition) is 0. The predicted octanol–water partition coefficient (Wildman–Crippen LogP) is 7.40. The first-order chi connectivity index (χ1) is 12.3. The molecule has 0 aromatic rings. The van der Waals surface area contributed by atoms with E-state index in [0.29, 0.717) is 0 Å². The summed E-state index contributed by atoms with van der Waals surface area (Å²) in [5.74, 6) is 5.33. The fourth-order valence-electron chi connectivity index (χ4n) is 6.19. The molecule has 0 amide bonds. The van der Waals surface area contributed by atoms with Crippen molar-refractivity contribution in [2.24, 2.45) is 35.5 Å². The second-order valence-corrected chi connectivity index (χ2v) is 10.7. The number of nitrogens with zero attached hydrogens (tertiary/aromatic N) is 1. The molecule has 0 N–H and O–H groups in total. The van der Waals surface area contributed by atoms with E-state index in [1.807, 2.05) is 0 Å². The van der Waals surface area contributed by atoms with Crippen molar-refractivity contribution in [1.29, 1.82) is 0 Å². The molecule has 1 nitrogen and oxygen atoms in total. The predicted molar refractivity (Wildman–Crippen MR) is 116 cm³/mol. The van der Waals surface area contributed by atoms with Crippen LogP contribution in [-0.4, -0.2) is 23.5 Å². The highest BCUT2D eigenvalue weighted by Crippen LogP contribution is 2.43. The van der Waals surface area contributed by atoms with E-state index in [4.69, 9.17) is 0 Å². The second kappa shape index (κ2) is 10.5. The van der Waals surface area contributed by atoms with Crippen LogP contribution < -0.4 is 0 Å². The summed E-state index contributed by atoms with van der Waals surface area (Å²) in [5, 5.41) is 0. The van der Waals surface area contributed by atoms with Gasteiger partial charge in [-0.3, -0.25) is 4.90 Å². The van der Waals surface area contributed by atoms with Gasteiger partial charge in [0.2, 0.25) is 0 Å². The Bertz CT molecular complexity index is 356. The minimum Gasteiger partial charge on any atom is -0.297 e. The van der Waals surface area contributed by atoms with Crippen molar-refractivity contribution in [2.45, 2.75) is 118 Å². The van der Waals surface area contributed by atoms with Gasteiger partial charge >= 0.3 is 0 Å². The Kier molecular flexibility index (Phi) is 8.98. The van der Waals surface area contributed by atoms with Crippen LogP contribution in [0.2, 0.25) is 0 Å². The van der Waals surface area contributed by atoms with Crippen molar-refractivity contribution >= 4 is 0 Å². The number of hydrogen-bond acceptors (Lipinski definition) is 1. The molecule has 0 radical (unpaired) electrons. The van der Waals surface area contributed by atoms with Crippen LogP contribution in [0.1, 0.15) is 106 Å².